The Labute approximate surface area is 123 Å². The largest absolute Gasteiger partial charge is 0.465 e. The molecule has 0 unspecified atom stereocenters. The number of rotatable bonds is 4. The molecule has 0 saturated carbocycles. The van der Waals surface area contributed by atoms with Gasteiger partial charge in [-0.2, -0.15) is 0 Å². The van der Waals surface area contributed by atoms with Gasteiger partial charge in [0.05, 0.1) is 13.2 Å². The van der Waals surface area contributed by atoms with Crippen LogP contribution in [0.3, 0.4) is 0 Å². The van der Waals surface area contributed by atoms with Gasteiger partial charge in [-0.15, -0.1) is 0 Å². The van der Waals surface area contributed by atoms with E-state index in [2.05, 4.69) is 0 Å². The van der Waals surface area contributed by atoms with Crippen molar-refractivity contribution in [1.29, 1.82) is 0 Å². The molecule has 5 nitrogen and oxygen atoms in total. The molecule has 0 aromatic carbocycles. The molecule has 1 saturated heterocycles. The van der Waals surface area contributed by atoms with E-state index in [4.69, 9.17) is 14.2 Å². The Bertz CT molecular complexity index is 241. The Morgan fingerprint density at radius 3 is 1.82 bits per heavy atom. The van der Waals surface area contributed by atoms with Crippen LogP contribution in [0.5, 0.6) is 0 Å². The molecular weight excluding hydrogens is 235 g/mol. The van der Waals surface area contributed by atoms with Crippen LogP contribution in [0.4, 0.5) is 0 Å². The molecule has 17 heavy (non-hydrogen) atoms. The third kappa shape index (κ3) is 3.95. The summed E-state index contributed by atoms with van der Waals surface area (Å²) >= 11 is 0. The summed E-state index contributed by atoms with van der Waals surface area (Å²) < 4.78 is 15.1. The molecule has 0 amide bonds. The van der Waals surface area contributed by atoms with Crippen LogP contribution < -0.4 is 0 Å². The standard InChI is InChI=1S/C11H18O5.Na/c1-3-15-9(12)11(10(13)16-4-2)5-7-14-8-6-11;/h3-8H2,1-2H3;. The van der Waals surface area contributed by atoms with Gasteiger partial charge >= 0.3 is 11.9 Å². The van der Waals surface area contributed by atoms with Gasteiger partial charge in [-0.05, 0) is 26.7 Å². The predicted molar refractivity (Wildman–Crippen MR) is 61.5 cm³/mol. The summed E-state index contributed by atoms with van der Waals surface area (Å²) in [4.78, 5) is 23.7. The summed E-state index contributed by atoms with van der Waals surface area (Å²) in [5.74, 6) is -0.978. The molecule has 0 aromatic rings. The first-order valence-electron chi connectivity index (χ1n) is 5.59. The van der Waals surface area contributed by atoms with Gasteiger partial charge in [-0.1, -0.05) is 0 Å². The van der Waals surface area contributed by atoms with Gasteiger partial charge in [0.2, 0.25) is 0 Å². The maximum atomic E-state index is 11.9. The molecule has 1 radical (unpaired) electrons. The Balaban J connectivity index is 0.00000256. The average Bonchev–Trinajstić information content (AvgIpc) is 2.30. The van der Waals surface area contributed by atoms with Crippen LogP contribution in [-0.4, -0.2) is 67.9 Å². The van der Waals surface area contributed by atoms with Crippen molar-refractivity contribution in [3.63, 3.8) is 0 Å². The molecule has 1 aliphatic heterocycles. The maximum absolute atomic E-state index is 11.9. The van der Waals surface area contributed by atoms with Crippen molar-refractivity contribution in [2.45, 2.75) is 26.7 Å². The van der Waals surface area contributed by atoms with Gasteiger partial charge in [0, 0.05) is 42.8 Å². The van der Waals surface area contributed by atoms with E-state index >= 15 is 0 Å². The van der Waals surface area contributed by atoms with E-state index < -0.39 is 17.4 Å². The van der Waals surface area contributed by atoms with E-state index in [1.165, 1.54) is 0 Å². The zero-order valence-electron chi connectivity index (χ0n) is 10.8. The van der Waals surface area contributed by atoms with Gasteiger partial charge in [0.15, 0.2) is 5.41 Å². The molecule has 1 aliphatic rings. The van der Waals surface area contributed by atoms with Gasteiger partial charge < -0.3 is 14.2 Å². The first-order valence-corrected chi connectivity index (χ1v) is 5.59. The average molecular weight is 253 g/mol. The zero-order valence-corrected chi connectivity index (χ0v) is 12.8. The number of esters is 2. The van der Waals surface area contributed by atoms with Crippen LogP contribution in [0.2, 0.25) is 0 Å². The van der Waals surface area contributed by atoms with E-state index in [9.17, 15) is 9.59 Å². The number of carbonyl (C=O) groups is 2. The van der Waals surface area contributed by atoms with Crippen molar-refractivity contribution in [3.8, 4) is 0 Å². The minimum atomic E-state index is -1.15. The second kappa shape index (κ2) is 8.08. The molecule has 1 heterocycles. The summed E-state index contributed by atoms with van der Waals surface area (Å²) in [5, 5.41) is 0. The minimum absolute atomic E-state index is 0. The van der Waals surface area contributed by atoms with E-state index in [1.54, 1.807) is 13.8 Å². The third-order valence-electron chi connectivity index (χ3n) is 2.68. The summed E-state index contributed by atoms with van der Waals surface area (Å²) in [6.45, 7) is 4.74. The smallest absolute Gasteiger partial charge is 0.323 e. The van der Waals surface area contributed by atoms with Gasteiger partial charge in [0.1, 0.15) is 0 Å². The minimum Gasteiger partial charge on any atom is -0.465 e. The van der Waals surface area contributed by atoms with Crippen LogP contribution in [-0.2, 0) is 23.8 Å². The molecule has 0 aromatic heterocycles. The molecule has 6 heteroatoms. The van der Waals surface area contributed by atoms with E-state index in [-0.39, 0.29) is 42.8 Å². The molecule has 0 bridgehead atoms. The molecule has 93 valence electrons. The van der Waals surface area contributed by atoms with Gasteiger partial charge in [0.25, 0.3) is 0 Å². The molecule has 1 fully saturated rings. The number of hydrogen-bond acceptors (Lipinski definition) is 5. The Hall–Kier alpha value is -0.100. The number of ether oxygens (including phenoxy) is 3. The Kier molecular flexibility index (Phi) is 8.03. The van der Waals surface area contributed by atoms with Crippen molar-refractivity contribution >= 4 is 41.5 Å². The topological polar surface area (TPSA) is 61.8 Å². The van der Waals surface area contributed by atoms with E-state index in [0.29, 0.717) is 26.1 Å². The molecular formula is C11H18NaO5. The van der Waals surface area contributed by atoms with Gasteiger partial charge in [-0.3, -0.25) is 9.59 Å². The second-order valence-corrected chi connectivity index (χ2v) is 3.64. The molecule has 0 aliphatic carbocycles. The number of carbonyl (C=O) groups excluding carboxylic acids is 2. The van der Waals surface area contributed by atoms with Gasteiger partial charge in [-0.25, -0.2) is 0 Å². The fourth-order valence-electron chi connectivity index (χ4n) is 1.75. The maximum Gasteiger partial charge on any atom is 0.323 e. The number of hydrogen-bond donors (Lipinski definition) is 0. The fraction of sp³-hybridized carbons (Fsp3) is 0.818. The fourth-order valence-corrected chi connectivity index (χ4v) is 1.75. The molecule has 1 rings (SSSR count). The van der Waals surface area contributed by atoms with Crippen LogP contribution in [0.25, 0.3) is 0 Å². The van der Waals surface area contributed by atoms with Crippen LogP contribution in [0.1, 0.15) is 26.7 Å². The Morgan fingerprint density at radius 1 is 1.06 bits per heavy atom. The van der Waals surface area contributed by atoms with Crippen molar-refractivity contribution in [2.24, 2.45) is 5.41 Å². The quantitative estimate of drug-likeness (QED) is 0.415. The Morgan fingerprint density at radius 2 is 1.47 bits per heavy atom. The summed E-state index contributed by atoms with van der Waals surface area (Å²) in [7, 11) is 0. The SMILES string of the molecule is CCOC(=O)C1(C(=O)OCC)CCOCC1.[Na]. The van der Waals surface area contributed by atoms with Crippen molar-refractivity contribution in [2.75, 3.05) is 26.4 Å². The van der Waals surface area contributed by atoms with Crippen molar-refractivity contribution < 1.29 is 23.8 Å². The van der Waals surface area contributed by atoms with Crippen LogP contribution in [0, 0.1) is 5.41 Å². The third-order valence-corrected chi connectivity index (χ3v) is 2.68. The predicted octanol–water partition coefficient (Wildman–Crippen LogP) is 0.529. The molecule has 0 atom stereocenters. The summed E-state index contributed by atoms with van der Waals surface area (Å²) in [6, 6.07) is 0. The first kappa shape index (κ1) is 16.9. The summed E-state index contributed by atoms with van der Waals surface area (Å²) in [6.07, 6.45) is 0.676. The second-order valence-electron chi connectivity index (χ2n) is 3.64. The van der Waals surface area contributed by atoms with E-state index in [1.807, 2.05) is 0 Å². The van der Waals surface area contributed by atoms with Crippen LogP contribution in [0.15, 0.2) is 0 Å². The monoisotopic (exact) mass is 253 g/mol. The first-order chi connectivity index (χ1) is 7.67. The van der Waals surface area contributed by atoms with E-state index in [0.717, 1.165) is 0 Å². The normalized spacial score (nSPS) is 17.8. The molecule has 0 N–H and O–H groups in total. The van der Waals surface area contributed by atoms with Crippen molar-refractivity contribution in [3.05, 3.63) is 0 Å². The summed E-state index contributed by atoms with van der Waals surface area (Å²) in [5.41, 5.74) is -1.15. The zero-order chi connectivity index (χ0) is 12.0. The van der Waals surface area contributed by atoms with Crippen LogP contribution >= 0.6 is 0 Å². The van der Waals surface area contributed by atoms with Crippen molar-refractivity contribution in [1.82, 2.24) is 0 Å². The molecule has 0 spiro atoms.